The summed E-state index contributed by atoms with van der Waals surface area (Å²) in [6, 6.07) is 32.3. The van der Waals surface area contributed by atoms with Gasteiger partial charge in [-0.3, -0.25) is 0 Å². The molecule has 0 saturated carbocycles. The Hall–Kier alpha value is -3.36. The van der Waals surface area contributed by atoms with Gasteiger partial charge in [0.1, 0.15) is 11.9 Å². The molecule has 2 heteroatoms. The van der Waals surface area contributed by atoms with Crippen LogP contribution in [-0.2, 0) is 0 Å². The normalized spacial score (nSPS) is 11.8. The maximum Gasteiger partial charge on any atom is 0.125 e. The first kappa shape index (κ1) is 18.0. The molecule has 0 aliphatic carbocycles. The quantitative estimate of drug-likeness (QED) is 0.468. The molecule has 0 saturated heterocycles. The maximum atomic E-state index is 11.3. The predicted octanol–water partition coefficient (Wildman–Crippen LogP) is 6.01. The van der Waals surface area contributed by atoms with Gasteiger partial charge in [0, 0.05) is 5.56 Å². The van der Waals surface area contributed by atoms with Crippen molar-refractivity contribution in [3.63, 3.8) is 0 Å². The summed E-state index contributed by atoms with van der Waals surface area (Å²) in [5.41, 5.74) is 3.90. The van der Waals surface area contributed by atoms with Crippen molar-refractivity contribution in [1.82, 2.24) is 0 Å². The van der Waals surface area contributed by atoms with Crippen LogP contribution in [0.3, 0.4) is 0 Å². The van der Waals surface area contributed by atoms with Gasteiger partial charge in [0.05, 0.1) is 7.11 Å². The van der Waals surface area contributed by atoms with Crippen LogP contribution in [0.15, 0.2) is 103 Å². The number of aliphatic hydroxyl groups is 1. The largest absolute Gasteiger partial charge is 0.496 e. The molecular weight excluding hydrogens is 344 g/mol. The highest BCUT2D eigenvalue weighted by atomic mass is 16.5. The van der Waals surface area contributed by atoms with Crippen LogP contribution in [0.5, 0.6) is 5.75 Å². The van der Waals surface area contributed by atoms with Crippen LogP contribution in [0.25, 0.3) is 16.3 Å². The lowest BCUT2D eigenvalue weighted by molar-refractivity contribution is 0.225. The van der Waals surface area contributed by atoms with Crippen molar-refractivity contribution in [3.05, 3.63) is 120 Å². The van der Waals surface area contributed by atoms with E-state index in [0.29, 0.717) is 5.75 Å². The first-order chi connectivity index (χ1) is 13.8. The van der Waals surface area contributed by atoms with Crippen molar-refractivity contribution >= 4 is 16.3 Å². The van der Waals surface area contributed by atoms with Crippen LogP contribution in [-0.4, -0.2) is 12.2 Å². The Balaban J connectivity index is 1.89. The summed E-state index contributed by atoms with van der Waals surface area (Å²) in [7, 11) is 1.64. The maximum absolute atomic E-state index is 11.3. The number of fused-ring (bicyclic) bond motifs is 1. The molecule has 0 bridgehead atoms. The molecule has 0 heterocycles. The van der Waals surface area contributed by atoms with Gasteiger partial charge in [-0.2, -0.15) is 0 Å². The van der Waals surface area contributed by atoms with Crippen LogP contribution >= 0.6 is 0 Å². The van der Waals surface area contributed by atoms with E-state index in [1.807, 2.05) is 78.9 Å². The highest BCUT2D eigenvalue weighted by Gasteiger charge is 2.17. The van der Waals surface area contributed by atoms with E-state index in [4.69, 9.17) is 4.74 Å². The van der Waals surface area contributed by atoms with Gasteiger partial charge in [-0.05, 0) is 39.6 Å². The monoisotopic (exact) mass is 366 g/mol. The minimum absolute atomic E-state index is 0.683. The van der Waals surface area contributed by atoms with Crippen LogP contribution in [0.4, 0.5) is 0 Å². The second kappa shape index (κ2) is 8.12. The summed E-state index contributed by atoms with van der Waals surface area (Å²) in [6.45, 7) is 0. The van der Waals surface area contributed by atoms with Gasteiger partial charge in [-0.15, -0.1) is 0 Å². The molecule has 1 N–H and O–H groups in total. The zero-order chi connectivity index (χ0) is 19.3. The van der Waals surface area contributed by atoms with E-state index in [1.165, 1.54) is 0 Å². The van der Waals surface area contributed by atoms with Crippen molar-refractivity contribution in [2.24, 2.45) is 0 Å². The first-order valence-corrected chi connectivity index (χ1v) is 9.34. The summed E-state index contributed by atoms with van der Waals surface area (Å²) in [5, 5.41) is 13.3. The molecule has 28 heavy (non-hydrogen) atoms. The fraction of sp³-hybridized carbons (Fsp3) is 0.0769. The van der Waals surface area contributed by atoms with E-state index < -0.39 is 6.10 Å². The molecule has 0 spiro atoms. The summed E-state index contributed by atoms with van der Waals surface area (Å²) in [6.07, 6.45) is 1.10. The average molecular weight is 366 g/mol. The van der Waals surface area contributed by atoms with Gasteiger partial charge in [-0.25, -0.2) is 0 Å². The summed E-state index contributed by atoms with van der Waals surface area (Å²) < 4.78 is 5.58. The molecule has 0 amide bonds. The third-order valence-electron chi connectivity index (χ3n) is 4.94. The third kappa shape index (κ3) is 3.55. The molecule has 1 unspecified atom stereocenters. The smallest absolute Gasteiger partial charge is 0.125 e. The lowest BCUT2D eigenvalue weighted by atomic mass is 9.93. The minimum atomic E-state index is -0.809. The van der Waals surface area contributed by atoms with E-state index in [1.54, 1.807) is 7.11 Å². The minimum Gasteiger partial charge on any atom is -0.496 e. The van der Waals surface area contributed by atoms with Gasteiger partial charge >= 0.3 is 0 Å². The van der Waals surface area contributed by atoms with Crippen molar-refractivity contribution in [1.29, 1.82) is 0 Å². The zero-order valence-corrected chi connectivity index (χ0v) is 15.7. The number of benzene rings is 4. The van der Waals surface area contributed by atoms with Crippen LogP contribution in [0.1, 0.15) is 22.8 Å². The Labute approximate surface area is 165 Å². The van der Waals surface area contributed by atoms with E-state index >= 15 is 0 Å². The Morgan fingerprint density at radius 3 is 1.93 bits per heavy atom. The molecule has 0 fully saturated rings. The van der Waals surface area contributed by atoms with E-state index in [0.717, 1.165) is 33.0 Å². The SMILES string of the molecule is COc1ccc2ccccc2c1C(O)C=C(c1ccccc1)c1ccccc1. The fourth-order valence-corrected chi connectivity index (χ4v) is 3.59. The second-order valence-corrected chi connectivity index (χ2v) is 6.66. The summed E-state index contributed by atoms with van der Waals surface area (Å²) in [5.74, 6) is 0.683. The molecular formula is C26H22O2. The molecule has 4 aromatic rings. The van der Waals surface area contributed by atoms with Gasteiger partial charge < -0.3 is 9.84 Å². The standard InChI is InChI=1S/C26H22O2/c1-28-25-17-16-21-14-8-9-15-22(21)26(25)24(27)18-23(19-10-4-2-5-11-19)20-12-6-3-7-13-20/h2-18,24,27H,1H3. The number of ether oxygens (including phenoxy) is 1. The number of rotatable bonds is 5. The van der Waals surface area contributed by atoms with Crippen molar-refractivity contribution in [2.75, 3.05) is 7.11 Å². The van der Waals surface area contributed by atoms with Crippen LogP contribution in [0, 0.1) is 0 Å². The average Bonchev–Trinajstić information content (AvgIpc) is 2.77. The Morgan fingerprint density at radius 1 is 0.750 bits per heavy atom. The molecule has 0 aliphatic heterocycles. The molecule has 0 radical (unpaired) electrons. The van der Waals surface area contributed by atoms with Gasteiger partial charge in [0.2, 0.25) is 0 Å². The summed E-state index contributed by atoms with van der Waals surface area (Å²) in [4.78, 5) is 0. The predicted molar refractivity (Wildman–Crippen MR) is 115 cm³/mol. The number of aliphatic hydroxyl groups excluding tert-OH is 1. The molecule has 2 nitrogen and oxygen atoms in total. The van der Waals surface area contributed by atoms with Crippen molar-refractivity contribution in [2.45, 2.75) is 6.10 Å². The van der Waals surface area contributed by atoms with Gasteiger partial charge in [-0.1, -0.05) is 91.0 Å². The molecule has 0 aromatic heterocycles. The number of hydrogen-bond donors (Lipinski definition) is 1. The van der Waals surface area contributed by atoms with Crippen LogP contribution in [0.2, 0.25) is 0 Å². The third-order valence-corrected chi connectivity index (χ3v) is 4.94. The van der Waals surface area contributed by atoms with E-state index in [-0.39, 0.29) is 0 Å². The van der Waals surface area contributed by atoms with E-state index in [9.17, 15) is 5.11 Å². The zero-order valence-electron chi connectivity index (χ0n) is 15.7. The number of methoxy groups -OCH3 is 1. The molecule has 138 valence electrons. The molecule has 4 aromatic carbocycles. The molecule has 1 atom stereocenters. The second-order valence-electron chi connectivity index (χ2n) is 6.66. The highest BCUT2D eigenvalue weighted by molar-refractivity contribution is 5.89. The lowest BCUT2D eigenvalue weighted by Gasteiger charge is -2.17. The lowest BCUT2D eigenvalue weighted by Crippen LogP contribution is -2.01. The Morgan fingerprint density at radius 2 is 1.32 bits per heavy atom. The van der Waals surface area contributed by atoms with E-state index in [2.05, 4.69) is 24.3 Å². The fourth-order valence-electron chi connectivity index (χ4n) is 3.59. The Bertz CT molecular complexity index is 1060. The number of hydrogen-bond acceptors (Lipinski definition) is 2. The highest BCUT2D eigenvalue weighted by Crippen LogP contribution is 2.36. The first-order valence-electron chi connectivity index (χ1n) is 9.34. The van der Waals surface area contributed by atoms with Gasteiger partial charge in [0.15, 0.2) is 0 Å². The molecule has 0 aliphatic rings. The van der Waals surface area contributed by atoms with Gasteiger partial charge in [0.25, 0.3) is 0 Å². The topological polar surface area (TPSA) is 29.5 Å². The Kier molecular flexibility index (Phi) is 5.22. The molecule has 4 rings (SSSR count). The summed E-state index contributed by atoms with van der Waals surface area (Å²) >= 11 is 0. The van der Waals surface area contributed by atoms with Crippen molar-refractivity contribution < 1.29 is 9.84 Å². The van der Waals surface area contributed by atoms with Crippen LogP contribution < -0.4 is 4.74 Å². The van der Waals surface area contributed by atoms with Crippen molar-refractivity contribution in [3.8, 4) is 5.75 Å².